The second kappa shape index (κ2) is 9.56. The predicted molar refractivity (Wildman–Crippen MR) is 115 cm³/mol. The molecule has 158 valence electrons. The van der Waals surface area contributed by atoms with E-state index in [-0.39, 0.29) is 15.7 Å². The highest BCUT2D eigenvalue weighted by molar-refractivity contribution is 7.92. The molecule has 0 fully saturated rings. The fourth-order valence-corrected chi connectivity index (χ4v) is 4.06. The Balaban J connectivity index is 2.20. The minimum atomic E-state index is -3.75. The third-order valence-electron chi connectivity index (χ3n) is 4.11. The number of carbonyl (C=O) groups excluding carboxylic acids is 1. The molecule has 0 heterocycles. The molecule has 0 unspecified atom stereocenters. The van der Waals surface area contributed by atoms with Gasteiger partial charge in [0.2, 0.25) is 15.9 Å². The van der Waals surface area contributed by atoms with Crippen LogP contribution in [0.15, 0.2) is 36.4 Å². The molecule has 0 aliphatic carbocycles. The van der Waals surface area contributed by atoms with Crippen LogP contribution in [0.1, 0.15) is 18.5 Å². The molecule has 1 N–H and O–H groups in total. The Labute approximate surface area is 180 Å². The molecule has 0 saturated carbocycles. The summed E-state index contributed by atoms with van der Waals surface area (Å²) in [5.74, 6) is 0.599. The lowest BCUT2D eigenvalue weighted by atomic mass is 10.1. The van der Waals surface area contributed by atoms with E-state index < -0.39 is 28.5 Å². The lowest BCUT2D eigenvalue weighted by Crippen LogP contribution is -2.41. The molecule has 1 atom stereocenters. The van der Waals surface area contributed by atoms with E-state index in [0.717, 1.165) is 16.1 Å². The molecule has 0 aliphatic rings. The number of nitrogens with one attached hydrogen (secondary N) is 1. The second-order valence-electron chi connectivity index (χ2n) is 6.30. The number of amides is 1. The molecule has 2 aromatic rings. The summed E-state index contributed by atoms with van der Waals surface area (Å²) in [6, 6.07) is 9.21. The smallest absolute Gasteiger partial charge is 0.241 e. The zero-order valence-corrected chi connectivity index (χ0v) is 18.7. The van der Waals surface area contributed by atoms with Crippen molar-refractivity contribution in [2.75, 3.05) is 31.3 Å². The van der Waals surface area contributed by atoms with Crippen LogP contribution in [0, 0.1) is 0 Å². The van der Waals surface area contributed by atoms with Gasteiger partial charge in [-0.25, -0.2) is 8.42 Å². The van der Waals surface area contributed by atoms with Gasteiger partial charge in [-0.1, -0.05) is 29.3 Å². The van der Waals surface area contributed by atoms with Crippen LogP contribution in [0.3, 0.4) is 0 Å². The lowest BCUT2D eigenvalue weighted by Gasteiger charge is -2.24. The zero-order valence-electron chi connectivity index (χ0n) is 16.4. The first-order chi connectivity index (χ1) is 13.5. The molecule has 2 aromatic carbocycles. The van der Waals surface area contributed by atoms with E-state index in [0.29, 0.717) is 11.5 Å². The minimum absolute atomic E-state index is 0.207. The Kier molecular flexibility index (Phi) is 7.62. The predicted octanol–water partition coefficient (Wildman–Crippen LogP) is 3.65. The summed E-state index contributed by atoms with van der Waals surface area (Å²) in [6.07, 6.45) is 1.01. The summed E-state index contributed by atoms with van der Waals surface area (Å²) in [6.45, 7) is 1.35. The SMILES string of the molecule is COc1ccc([C@H](C)NC(=O)CN(c2cc(Cl)cc(Cl)c2)S(C)(=O)=O)cc1OC. The van der Waals surface area contributed by atoms with Crippen LogP contribution in [-0.4, -0.2) is 41.3 Å². The first kappa shape index (κ1) is 23.1. The van der Waals surface area contributed by atoms with Gasteiger partial charge in [0.05, 0.1) is 32.2 Å². The molecule has 2 rings (SSSR count). The molecular weight excluding hydrogens is 439 g/mol. The number of nitrogens with zero attached hydrogens (tertiary/aromatic N) is 1. The molecule has 0 radical (unpaired) electrons. The highest BCUT2D eigenvalue weighted by Crippen LogP contribution is 2.30. The number of benzene rings is 2. The van der Waals surface area contributed by atoms with Crippen molar-refractivity contribution in [1.29, 1.82) is 0 Å². The van der Waals surface area contributed by atoms with E-state index >= 15 is 0 Å². The number of carbonyl (C=O) groups is 1. The second-order valence-corrected chi connectivity index (χ2v) is 9.08. The van der Waals surface area contributed by atoms with Gasteiger partial charge in [0.15, 0.2) is 11.5 Å². The van der Waals surface area contributed by atoms with Gasteiger partial charge >= 0.3 is 0 Å². The quantitative estimate of drug-likeness (QED) is 0.649. The largest absolute Gasteiger partial charge is 0.493 e. The van der Waals surface area contributed by atoms with Crippen LogP contribution < -0.4 is 19.1 Å². The van der Waals surface area contributed by atoms with Crippen LogP contribution in [-0.2, 0) is 14.8 Å². The summed E-state index contributed by atoms with van der Waals surface area (Å²) in [5.41, 5.74) is 0.978. The van der Waals surface area contributed by atoms with Crippen LogP contribution in [0.2, 0.25) is 10.0 Å². The normalized spacial score (nSPS) is 12.2. The maximum Gasteiger partial charge on any atom is 0.241 e. The molecule has 0 spiro atoms. The van der Waals surface area contributed by atoms with Crippen molar-refractivity contribution < 1.29 is 22.7 Å². The molecule has 0 aliphatic heterocycles. The number of hydrogen-bond donors (Lipinski definition) is 1. The molecule has 1 amide bonds. The van der Waals surface area contributed by atoms with Gasteiger partial charge < -0.3 is 14.8 Å². The van der Waals surface area contributed by atoms with Crippen LogP contribution in [0.25, 0.3) is 0 Å². The van der Waals surface area contributed by atoms with Crippen LogP contribution >= 0.6 is 23.2 Å². The lowest BCUT2D eigenvalue weighted by molar-refractivity contribution is -0.120. The summed E-state index contributed by atoms with van der Waals surface area (Å²) < 4.78 is 35.9. The van der Waals surface area contributed by atoms with Gasteiger partial charge in [-0.05, 0) is 42.8 Å². The van der Waals surface area contributed by atoms with Crippen molar-refractivity contribution in [2.45, 2.75) is 13.0 Å². The Morgan fingerprint density at radius 1 is 1.07 bits per heavy atom. The van der Waals surface area contributed by atoms with E-state index in [2.05, 4.69) is 5.32 Å². The number of methoxy groups -OCH3 is 2. The summed E-state index contributed by atoms with van der Waals surface area (Å²) in [4.78, 5) is 12.6. The van der Waals surface area contributed by atoms with Crippen molar-refractivity contribution in [3.63, 3.8) is 0 Å². The van der Waals surface area contributed by atoms with E-state index in [1.807, 2.05) is 0 Å². The van der Waals surface area contributed by atoms with E-state index in [1.165, 1.54) is 32.4 Å². The molecule has 0 bridgehead atoms. The highest BCUT2D eigenvalue weighted by Gasteiger charge is 2.23. The van der Waals surface area contributed by atoms with E-state index in [9.17, 15) is 13.2 Å². The molecular formula is C19H22Cl2N2O5S. The van der Waals surface area contributed by atoms with Crippen molar-refractivity contribution >= 4 is 44.8 Å². The highest BCUT2D eigenvalue weighted by atomic mass is 35.5. The van der Waals surface area contributed by atoms with Crippen molar-refractivity contribution in [2.24, 2.45) is 0 Å². The standard InChI is InChI=1S/C19H22Cl2N2O5S/c1-12(13-5-6-17(27-2)18(7-13)28-3)22-19(24)11-23(29(4,25)26)16-9-14(20)8-15(21)10-16/h5-10,12H,11H2,1-4H3,(H,22,24)/t12-/m0/s1. The number of halogens is 2. The maximum atomic E-state index is 12.6. The van der Waals surface area contributed by atoms with Crippen molar-refractivity contribution in [3.8, 4) is 11.5 Å². The van der Waals surface area contributed by atoms with Gasteiger partial charge in [-0.3, -0.25) is 9.10 Å². The van der Waals surface area contributed by atoms with Gasteiger partial charge in [-0.2, -0.15) is 0 Å². The Bertz CT molecular complexity index is 978. The first-order valence-corrected chi connectivity index (χ1v) is 11.1. The average Bonchev–Trinajstić information content (AvgIpc) is 2.63. The minimum Gasteiger partial charge on any atom is -0.493 e. The first-order valence-electron chi connectivity index (χ1n) is 8.50. The molecule has 0 aromatic heterocycles. The van der Waals surface area contributed by atoms with Crippen LogP contribution in [0.4, 0.5) is 5.69 Å². The third kappa shape index (κ3) is 6.16. The summed E-state index contributed by atoms with van der Waals surface area (Å²) in [5, 5.41) is 3.31. The number of ether oxygens (including phenoxy) is 2. The monoisotopic (exact) mass is 460 g/mol. The molecule has 29 heavy (non-hydrogen) atoms. The Morgan fingerprint density at radius 2 is 1.66 bits per heavy atom. The fourth-order valence-electron chi connectivity index (χ4n) is 2.71. The zero-order chi connectivity index (χ0) is 21.8. The number of hydrogen-bond acceptors (Lipinski definition) is 5. The van der Waals surface area contributed by atoms with Gasteiger partial charge in [0.25, 0.3) is 0 Å². The molecule has 0 saturated heterocycles. The average molecular weight is 461 g/mol. The maximum absolute atomic E-state index is 12.6. The Hall–Kier alpha value is -2.16. The van der Waals surface area contributed by atoms with E-state index in [1.54, 1.807) is 25.1 Å². The topological polar surface area (TPSA) is 84.9 Å². The van der Waals surface area contributed by atoms with Gasteiger partial charge in [0, 0.05) is 10.0 Å². The number of sulfonamides is 1. The van der Waals surface area contributed by atoms with Crippen LogP contribution in [0.5, 0.6) is 11.5 Å². The number of rotatable bonds is 8. The van der Waals surface area contributed by atoms with Crippen molar-refractivity contribution in [1.82, 2.24) is 5.32 Å². The van der Waals surface area contributed by atoms with Gasteiger partial charge in [0.1, 0.15) is 6.54 Å². The molecule has 7 nitrogen and oxygen atoms in total. The van der Waals surface area contributed by atoms with E-state index in [4.69, 9.17) is 32.7 Å². The summed E-state index contributed by atoms with van der Waals surface area (Å²) >= 11 is 11.9. The Morgan fingerprint density at radius 3 is 2.17 bits per heavy atom. The fraction of sp³-hybridized carbons (Fsp3) is 0.316. The summed E-state index contributed by atoms with van der Waals surface area (Å²) in [7, 11) is -0.697. The molecule has 10 heteroatoms. The van der Waals surface area contributed by atoms with Crippen molar-refractivity contribution in [3.05, 3.63) is 52.0 Å². The number of anilines is 1. The van der Waals surface area contributed by atoms with Gasteiger partial charge in [-0.15, -0.1) is 0 Å². The third-order valence-corrected chi connectivity index (χ3v) is 5.68.